The van der Waals surface area contributed by atoms with Crippen LogP contribution >= 0.6 is 0 Å². The van der Waals surface area contributed by atoms with E-state index in [1.807, 2.05) is 0 Å². The van der Waals surface area contributed by atoms with Crippen LogP contribution in [0.2, 0.25) is 0 Å². The molecule has 8 nitrogen and oxygen atoms in total. The van der Waals surface area contributed by atoms with E-state index in [1.54, 1.807) is 4.90 Å². The molecule has 8 heteroatoms. The van der Waals surface area contributed by atoms with E-state index in [1.165, 1.54) is 27.1 Å². The first-order valence-corrected chi connectivity index (χ1v) is 9.76. The molecule has 0 atom stereocenters. The fourth-order valence-corrected chi connectivity index (χ4v) is 3.94. The van der Waals surface area contributed by atoms with Crippen LogP contribution in [-0.4, -0.2) is 58.2 Å². The average Bonchev–Trinajstić information content (AvgIpc) is 3.39. The van der Waals surface area contributed by atoms with E-state index < -0.39 is 11.9 Å². The van der Waals surface area contributed by atoms with E-state index in [-0.39, 0.29) is 35.0 Å². The summed E-state index contributed by atoms with van der Waals surface area (Å²) in [5, 5.41) is 0. The summed E-state index contributed by atoms with van der Waals surface area (Å²) in [6, 6.07) is 0. The van der Waals surface area contributed by atoms with Gasteiger partial charge in [0, 0.05) is 19.5 Å². The van der Waals surface area contributed by atoms with Crippen molar-refractivity contribution in [2.24, 2.45) is 5.92 Å². The first-order valence-electron chi connectivity index (χ1n) is 9.76. The standard InChI is InChI=1S/C20H27NO7/c1-25-19(23)15-16(20(24)26-2)18(21-9-11-27-12-10-21)28-17(15)14(22)8-7-13-5-3-4-6-13/h13H,3-12H2,1-2H3. The number of ketones is 1. The first kappa shape index (κ1) is 20.4. The lowest BCUT2D eigenvalue weighted by atomic mass is 9.98. The average molecular weight is 393 g/mol. The Kier molecular flexibility index (Phi) is 6.72. The molecule has 0 spiro atoms. The fraction of sp³-hybridized carbons (Fsp3) is 0.650. The summed E-state index contributed by atoms with van der Waals surface area (Å²) in [5.74, 6) is -1.24. The van der Waals surface area contributed by atoms with Crippen molar-refractivity contribution in [3.05, 3.63) is 16.9 Å². The summed E-state index contributed by atoms with van der Waals surface area (Å²) in [6.07, 6.45) is 5.66. The molecule has 0 N–H and O–H groups in total. The fourth-order valence-electron chi connectivity index (χ4n) is 3.94. The topological polar surface area (TPSA) is 95.3 Å². The molecule has 1 aromatic rings. The van der Waals surface area contributed by atoms with Crippen LogP contribution in [0.3, 0.4) is 0 Å². The SMILES string of the molecule is COC(=O)c1c(C(=O)CCC2CCCC2)oc(N2CCOCC2)c1C(=O)OC. The maximum atomic E-state index is 12.9. The first-order chi connectivity index (χ1) is 13.6. The molecule has 1 aliphatic heterocycles. The van der Waals surface area contributed by atoms with Gasteiger partial charge in [0.1, 0.15) is 11.1 Å². The number of hydrogen-bond donors (Lipinski definition) is 0. The minimum Gasteiger partial charge on any atom is -0.465 e. The Labute approximate surface area is 164 Å². The molecule has 0 amide bonds. The van der Waals surface area contributed by atoms with Gasteiger partial charge >= 0.3 is 11.9 Å². The van der Waals surface area contributed by atoms with Crippen LogP contribution in [0.15, 0.2) is 4.42 Å². The van der Waals surface area contributed by atoms with Crippen LogP contribution in [0.5, 0.6) is 0 Å². The normalized spacial score (nSPS) is 17.6. The van der Waals surface area contributed by atoms with Crippen LogP contribution in [-0.2, 0) is 14.2 Å². The highest BCUT2D eigenvalue weighted by atomic mass is 16.5. The summed E-state index contributed by atoms with van der Waals surface area (Å²) in [4.78, 5) is 39.6. The van der Waals surface area contributed by atoms with Gasteiger partial charge in [-0.2, -0.15) is 0 Å². The van der Waals surface area contributed by atoms with Crippen molar-refractivity contribution >= 4 is 23.6 Å². The highest BCUT2D eigenvalue weighted by molar-refractivity contribution is 6.13. The number of esters is 2. The van der Waals surface area contributed by atoms with Gasteiger partial charge in [-0.05, 0) is 12.3 Å². The predicted molar refractivity (Wildman–Crippen MR) is 99.9 cm³/mol. The Morgan fingerprint density at radius 2 is 1.61 bits per heavy atom. The smallest absolute Gasteiger partial charge is 0.344 e. The van der Waals surface area contributed by atoms with E-state index in [0.29, 0.717) is 32.2 Å². The second-order valence-electron chi connectivity index (χ2n) is 7.18. The lowest BCUT2D eigenvalue weighted by Crippen LogP contribution is -2.37. The Bertz CT molecular complexity index is 727. The minimum atomic E-state index is -0.784. The molecule has 0 unspecified atom stereocenters. The number of anilines is 1. The van der Waals surface area contributed by atoms with Gasteiger partial charge in [-0.1, -0.05) is 25.7 Å². The van der Waals surface area contributed by atoms with Crippen LogP contribution in [0.4, 0.5) is 5.88 Å². The summed E-state index contributed by atoms with van der Waals surface area (Å²) >= 11 is 0. The van der Waals surface area contributed by atoms with E-state index in [9.17, 15) is 14.4 Å². The summed E-state index contributed by atoms with van der Waals surface area (Å²) < 4.78 is 20.9. The van der Waals surface area contributed by atoms with Gasteiger partial charge in [-0.25, -0.2) is 9.59 Å². The molecule has 154 valence electrons. The highest BCUT2D eigenvalue weighted by Crippen LogP contribution is 2.35. The Morgan fingerprint density at radius 3 is 2.21 bits per heavy atom. The van der Waals surface area contributed by atoms with E-state index >= 15 is 0 Å². The van der Waals surface area contributed by atoms with Crippen molar-refractivity contribution in [3.8, 4) is 0 Å². The molecule has 0 radical (unpaired) electrons. The van der Waals surface area contributed by atoms with Crippen molar-refractivity contribution in [1.82, 2.24) is 0 Å². The third-order valence-corrected chi connectivity index (χ3v) is 5.47. The van der Waals surface area contributed by atoms with Gasteiger partial charge in [0.15, 0.2) is 11.5 Å². The number of hydrogen-bond acceptors (Lipinski definition) is 8. The highest BCUT2D eigenvalue weighted by Gasteiger charge is 2.37. The molecule has 1 saturated heterocycles. The van der Waals surface area contributed by atoms with E-state index in [2.05, 4.69) is 0 Å². The molecule has 1 aromatic heterocycles. The predicted octanol–water partition coefficient (Wildman–Crippen LogP) is 2.84. The maximum Gasteiger partial charge on any atom is 0.344 e. The lowest BCUT2D eigenvalue weighted by molar-refractivity contribution is 0.0555. The van der Waals surface area contributed by atoms with Crippen molar-refractivity contribution in [3.63, 3.8) is 0 Å². The number of methoxy groups -OCH3 is 2. The monoisotopic (exact) mass is 393 g/mol. The molecule has 1 aliphatic carbocycles. The molecule has 3 rings (SSSR count). The molecular formula is C20H27NO7. The number of morpholine rings is 1. The van der Waals surface area contributed by atoms with Gasteiger partial charge in [-0.3, -0.25) is 4.79 Å². The molecule has 0 bridgehead atoms. The number of furan rings is 1. The van der Waals surface area contributed by atoms with Crippen molar-refractivity contribution in [1.29, 1.82) is 0 Å². The largest absolute Gasteiger partial charge is 0.465 e. The number of rotatable bonds is 7. The molecule has 2 fully saturated rings. The summed E-state index contributed by atoms with van der Waals surface area (Å²) in [6.45, 7) is 1.88. The zero-order chi connectivity index (χ0) is 20.1. The summed E-state index contributed by atoms with van der Waals surface area (Å²) in [7, 11) is 2.43. The molecule has 0 aromatic carbocycles. The number of carbonyl (C=O) groups is 3. The molecular weight excluding hydrogens is 366 g/mol. The number of Topliss-reactive ketones (excluding diaryl/α,β-unsaturated/α-hetero) is 1. The van der Waals surface area contributed by atoms with E-state index in [4.69, 9.17) is 18.6 Å². The second-order valence-corrected chi connectivity index (χ2v) is 7.18. The van der Waals surface area contributed by atoms with Crippen molar-refractivity contribution < 1.29 is 33.0 Å². The number of ether oxygens (including phenoxy) is 3. The van der Waals surface area contributed by atoms with Crippen molar-refractivity contribution in [2.45, 2.75) is 38.5 Å². The van der Waals surface area contributed by atoms with Crippen LogP contribution in [0.25, 0.3) is 0 Å². The van der Waals surface area contributed by atoms with Gasteiger partial charge in [0.2, 0.25) is 5.88 Å². The van der Waals surface area contributed by atoms with Crippen molar-refractivity contribution in [2.75, 3.05) is 45.4 Å². The zero-order valence-electron chi connectivity index (χ0n) is 16.5. The summed E-state index contributed by atoms with van der Waals surface area (Å²) in [5.41, 5.74) is -0.201. The Morgan fingerprint density at radius 1 is 1.00 bits per heavy atom. The quantitative estimate of drug-likeness (QED) is 0.515. The van der Waals surface area contributed by atoms with Gasteiger partial charge in [0.25, 0.3) is 0 Å². The second kappa shape index (κ2) is 9.23. The maximum absolute atomic E-state index is 12.9. The molecule has 2 aliphatic rings. The Hall–Kier alpha value is -2.35. The molecule has 28 heavy (non-hydrogen) atoms. The third kappa shape index (κ3) is 4.22. The third-order valence-electron chi connectivity index (χ3n) is 5.47. The lowest BCUT2D eigenvalue weighted by Gasteiger charge is -2.27. The molecule has 1 saturated carbocycles. The molecule has 2 heterocycles. The van der Waals surface area contributed by atoms with Crippen LogP contribution in [0, 0.1) is 5.92 Å². The van der Waals surface area contributed by atoms with Crippen LogP contribution < -0.4 is 4.90 Å². The Balaban J connectivity index is 1.96. The zero-order valence-corrected chi connectivity index (χ0v) is 16.5. The van der Waals surface area contributed by atoms with Crippen LogP contribution in [0.1, 0.15) is 69.8 Å². The number of carbonyl (C=O) groups excluding carboxylic acids is 3. The van der Waals surface area contributed by atoms with E-state index in [0.717, 1.165) is 19.3 Å². The number of nitrogens with zero attached hydrogens (tertiary/aromatic N) is 1. The van der Waals surface area contributed by atoms with Gasteiger partial charge in [-0.15, -0.1) is 0 Å². The van der Waals surface area contributed by atoms with Gasteiger partial charge in [0.05, 0.1) is 27.4 Å². The minimum absolute atomic E-state index is 0.0551. The van der Waals surface area contributed by atoms with Gasteiger partial charge < -0.3 is 23.5 Å².